The van der Waals surface area contributed by atoms with Gasteiger partial charge in [-0.15, -0.1) is 10.2 Å². The van der Waals surface area contributed by atoms with Crippen molar-refractivity contribution in [2.45, 2.75) is 18.6 Å². The standard InChI is InChI=1S/C15H17F3N4O2S/c1-23-11-5-10(6-12(7-11)24-2)22-4-3-9(8-22)19-14-21-20-13(25-14)15(16,17)18/h5-7,9H,3-4,8H2,1-2H3,(H,19,21). The maximum Gasteiger partial charge on any atom is 0.445 e. The number of anilines is 2. The minimum atomic E-state index is -4.46. The summed E-state index contributed by atoms with van der Waals surface area (Å²) in [6.07, 6.45) is -3.68. The first-order valence-electron chi connectivity index (χ1n) is 7.54. The number of aromatic nitrogens is 2. The van der Waals surface area contributed by atoms with E-state index in [-0.39, 0.29) is 11.2 Å². The molecule has 1 N–H and O–H groups in total. The van der Waals surface area contributed by atoms with Gasteiger partial charge in [0, 0.05) is 43.0 Å². The van der Waals surface area contributed by atoms with Gasteiger partial charge in [0.15, 0.2) is 0 Å². The van der Waals surface area contributed by atoms with Crippen LogP contribution in [0.1, 0.15) is 11.4 Å². The van der Waals surface area contributed by atoms with Gasteiger partial charge in [-0.25, -0.2) is 0 Å². The summed E-state index contributed by atoms with van der Waals surface area (Å²) in [5.41, 5.74) is 0.939. The van der Waals surface area contributed by atoms with Gasteiger partial charge in [0.25, 0.3) is 0 Å². The number of nitrogens with zero attached hydrogens (tertiary/aromatic N) is 3. The summed E-state index contributed by atoms with van der Waals surface area (Å²) in [7, 11) is 3.17. The van der Waals surface area contributed by atoms with Gasteiger partial charge >= 0.3 is 6.18 Å². The Morgan fingerprint density at radius 1 is 1.16 bits per heavy atom. The van der Waals surface area contributed by atoms with Crippen LogP contribution in [0.3, 0.4) is 0 Å². The van der Waals surface area contributed by atoms with Crippen molar-refractivity contribution in [3.63, 3.8) is 0 Å². The lowest BCUT2D eigenvalue weighted by atomic mass is 10.2. The summed E-state index contributed by atoms with van der Waals surface area (Å²) in [5, 5.41) is 9.04. The Morgan fingerprint density at radius 3 is 2.40 bits per heavy atom. The number of hydrogen-bond acceptors (Lipinski definition) is 7. The molecule has 1 aliphatic heterocycles. The van der Waals surface area contributed by atoms with Crippen molar-refractivity contribution in [2.75, 3.05) is 37.5 Å². The van der Waals surface area contributed by atoms with Crippen LogP contribution in [0.25, 0.3) is 0 Å². The Labute approximate surface area is 146 Å². The predicted octanol–water partition coefficient (Wildman–Crippen LogP) is 3.26. The van der Waals surface area contributed by atoms with Crippen molar-refractivity contribution in [1.29, 1.82) is 0 Å². The molecule has 1 aromatic heterocycles. The normalized spacial score (nSPS) is 17.6. The molecule has 1 atom stereocenters. The molecule has 1 aliphatic rings. The average Bonchev–Trinajstić information content (AvgIpc) is 3.24. The van der Waals surface area contributed by atoms with E-state index < -0.39 is 11.2 Å². The lowest BCUT2D eigenvalue weighted by molar-refractivity contribution is -0.138. The third kappa shape index (κ3) is 4.06. The van der Waals surface area contributed by atoms with E-state index in [4.69, 9.17) is 9.47 Å². The van der Waals surface area contributed by atoms with Crippen LogP contribution in [0, 0.1) is 0 Å². The Hall–Kier alpha value is -2.23. The molecule has 10 heteroatoms. The molecule has 2 heterocycles. The molecule has 1 saturated heterocycles. The van der Waals surface area contributed by atoms with Crippen LogP contribution in [0.2, 0.25) is 0 Å². The summed E-state index contributed by atoms with van der Waals surface area (Å²) >= 11 is 0.519. The van der Waals surface area contributed by atoms with Crippen molar-refractivity contribution in [3.8, 4) is 11.5 Å². The second-order valence-electron chi connectivity index (χ2n) is 5.56. The highest BCUT2D eigenvalue weighted by Gasteiger charge is 2.36. The molecule has 0 amide bonds. The van der Waals surface area contributed by atoms with Crippen molar-refractivity contribution >= 4 is 22.2 Å². The zero-order valence-electron chi connectivity index (χ0n) is 13.6. The lowest BCUT2D eigenvalue weighted by Gasteiger charge is -2.20. The summed E-state index contributed by atoms with van der Waals surface area (Å²) in [6.45, 7) is 1.40. The molecule has 0 aliphatic carbocycles. The van der Waals surface area contributed by atoms with Gasteiger partial charge in [0.2, 0.25) is 10.1 Å². The molecule has 1 unspecified atom stereocenters. The maximum absolute atomic E-state index is 12.6. The number of hydrogen-bond donors (Lipinski definition) is 1. The fourth-order valence-electron chi connectivity index (χ4n) is 2.66. The van der Waals surface area contributed by atoms with Gasteiger partial charge in [-0.05, 0) is 6.42 Å². The maximum atomic E-state index is 12.6. The Balaban J connectivity index is 1.67. The minimum absolute atomic E-state index is 0.00812. The van der Waals surface area contributed by atoms with Crippen molar-refractivity contribution in [2.24, 2.45) is 0 Å². The third-order valence-corrected chi connectivity index (χ3v) is 4.78. The number of alkyl halides is 3. The smallest absolute Gasteiger partial charge is 0.445 e. The molecule has 1 fully saturated rings. The van der Waals surface area contributed by atoms with Crippen LogP contribution in [0.4, 0.5) is 24.0 Å². The second-order valence-corrected chi connectivity index (χ2v) is 6.53. The molecule has 136 valence electrons. The van der Waals surface area contributed by atoms with Crippen LogP contribution in [-0.2, 0) is 6.18 Å². The Kier molecular flexibility index (Phi) is 4.89. The summed E-state index contributed by atoms with van der Waals surface area (Å²) in [5.74, 6) is 1.37. The zero-order valence-corrected chi connectivity index (χ0v) is 14.4. The molecule has 1 aromatic carbocycles. The van der Waals surface area contributed by atoms with Gasteiger partial charge in [-0.2, -0.15) is 13.2 Å². The predicted molar refractivity (Wildman–Crippen MR) is 88.7 cm³/mol. The largest absolute Gasteiger partial charge is 0.497 e. The zero-order chi connectivity index (χ0) is 18.0. The molecule has 0 spiro atoms. The summed E-state index contributed by atoms with van der Waals surface area (Å²) in [4.78, 5) is 2.12. The van der Waals surface area contributed by atoms with E-state index in [1.807, 2.05) is 12.1 Å². The first-order chi connectivity index (χ1) is 11.9. The topological polar surface area (TPSA) is 59.5 Å². The lowest BCUT2D eigenvalue weighted by Crippen LogP contribution is -2.26. The molecule has 6 nitrogen and oxygen atoms in total. The molecule has 0 saturated carbocycles. The van der Waals surface area contributed by atoms with Crippen molar-refractivity contribution in [1.82, 2.24) is 10.2 Å². The molecule has 25 heavy (non-hydrogen) atoms. The van der Waals surface area contributed by atoms with Crippen molar-refractivity contribution in [3.05, 3.63) is 23.2 Å². The molecule has 0 radical (unpaired) electrons. The number of halogens is 3. The highest BCUT2D eigenvalue weighted by Crippen LogP contribution is 2.34. The third-order valence-electron chi connectivity index (χ3n) is 3.88. The molecule has 3 rings (SSSR count). The van der Waals surface area contributed by atoms with E-state index in [9.17, 15) is 13.2 Å². The van der Waals surface area contributed by atoms with Gasteiger partial charge in [0.05, 0.1) is 14.2 Å². The van der Waals surface area contributed by atoms with Gasteiger partial charge in [-0.3, -0.25) is 0 Å². The fraction of sp³-hybridized carbons (Fsp3) is 0.467. The van der Waals surface area contributed by atoms with Gasteiger partial charge in [-0.1, -0.05) is 11.3 Å². The SMILES string of the molecule is COc1cc(OC)cc(N2CCC(Nc3nnc(C(F)(F)F)s3)C2)c1. The van der Waals surface area contributed by atoms with Gasteiger partial charge < -0.3 is 19.7 Å². The quantitative estimate of drug-likeness (QED) is 0.867. The minimum Gasteiger partial charge on any atom is -0.497 e. The van der Waals surface area contributed by atoms with E-state index in [1.54, 1.807) is 20.3 Å². The average molecular weight is 374 g/mol. The van der Waals surface area contributed by atoms with E-state index >= 15 is 0 Å². The van der Waals surface area contributed by atoms with Crippen LogP contribution >= 0.6 is 11.3 Å². The van der Waals surface area contributed by atoms with E-state index in [0.29, 0.717) is 29.4 Å². The van der Waals surface area contributed by atoms with E-state index in [0.717, 1.165) is 18.7 Å². The molecule has 2 aromatic rings. The Bertz CT molecular complexity index is 716. The van der Waals surface area contributed by atoms with Crippen LogP contribution in [-0.4, -0.2) is 43.5 Å². The second kappa shape index (κ2) is 6.95. The first-order valence-corrected chi connectivity index (χ1v) is 8.36. The molecular weight excluding hydrogens is 357 g/mol. The van der Waals surface area contributed by atoms with Gasteiger partial charge in [0.1, 0.15) is 11.5 Å². The van der Waals surface area contributed by atoms with E-state index in [2.05, 4.69) is 20.4 Å². The molecular formula is C15H17F3N4O2S. The van der Waals surface area contributed by atoms with Crippen LogP contribution < -0.4 is 19.7 Å². The number of nitrogens with one attached hydrogen (secondary N) is 1. The monoisotopic (exact) mass is 374 g/mol. The molecule has 0 bridgehead atoms. The summed E-state index contributed by atoms with van der Waals surface area (Å²) < 4.78 is 48.3. The van der Waals surface area contributed by atoms with Crippen molar-refractivity contribution < 1.29 is 22.6 Å². The van der Waals surface area contributed by atoms with E-state index in [1.165, 1.54) is 0 Å². The highest BCUT2D eigenvalue weighted by atomic mass is 32.1. The Morgan fingerprint density at radius 2 is 1.84 bits per heavy atom. The number of benzene rings is 1. The highest BCUT2D eigenvalue weighted by molar-refractivity contribution is 7.15. The fourth-order valence-corrected chi connectivity index (χ4v) is 3.35. The number of methoxy groups -OCH3 is 2. The van der Waals surface area contributed by atoms with Crippen LogP contribution in [0.5, 0.6) is 11.5 Å². The summed E-state index contributed by atoms with van der Waals surface area (Å²) in [6, 6.07) is 5.58. The first kappa shape index (κ1) is 17.6. The number of rotatable bonds is 5. The van der Waals surface area contributed by atoms with Crippen LogP contribution in [0.15, 0.2) is 18.2 Å². The number of ether oxygens (including phenoxy) is 2.